The first-order chi connectivity index (χ1) is 9.06. The van der Waals surface area contributed by atoms with E-state index in [4.69, 9.17) is 21.4 Å². The smallest absolute Gasteiger partial charge is 0.306 e. The fourth-order valence-corrected chi connectivity index (χ4v) is 2.08. The van der Waals surface area contributed by atoms with Crippen LogP contribution in [0, 0.1) is 0 Å². The van der Waals surface area contributed by atoms with Gasteiger partial charge in [0.2, 0.25) is 0 Å². The molecule has 6 nitrogen and oxygen atoms in total. The summed E-state index contributed by atoms with van der Waals surface area (Å²) in [6.45, 7) is 0.993. The number of morpholine rings is 1. The van der Waals surface area contributed by atoms with E-state index >= 15 is 0 Å². The topological polar surface area (TPSA) is 79.7 Å². The molecule has 1 aliphatic rings. The molecule has 1 unspecified atom stereocenters. The number of halogens is 1. The van der Waals surface area contributed by atoms with Gasteiger partial charge in [-0.25, -0.2) is 4.98 Å². The quantitative estimate of drug-likeness (QED) is 0.839. The molecule has 1 N–H and O–H groups in total. The zero-order valence-corrected chi connectivity index (χ0v) is 10.8. The predicted octanol–water partition coefficient (Wildman–Crippen LogP) is 1.05. The Morgan fingerprint density at radius 1 is 1.53 bits per heavy atom. The highest BCUT2D eigenvalue weighted by Crippen LogP contribution is 2.13. The summed E-state index contributed by atoms with van der Waals surface area (Å²) < 4.78 is 5.31. The van der Waals surface area contributed by atoms with E-state index in [1.807, 2.05) is 0 Å². The van der Waals surface area contributed by atoms with Crippen molar-refractivity contribution in [3.05, 3.63) is 29.0 Å². The fourth-order valence-electron chi connectivity index (χ4n) is 1.91. The van der Waals surface area contributed by atoms with Crippen LogP contribution >= 0.6 is 11.6 Å². The molecule has 1 saturated heterocycles. The number of nitrogens with zero attached hydrogens (tertiary/aromatic N) is 2. The molecule has 102 valence electrons. The highest BCUT2D eigenvalue weighted by Gasteiger charge is 2.27. The lowest BCUT2D eigenvalue weighted by atomic mass is 10.2. The highest BCUT2D eigenvalue weighted by molar-refractivity contribution is 6.29. The maximum Gasteiger partial charge on any atom is 0.306 e. The van der Waals surface area contributed by atoms with E-state index in [1.165, 1.54) is 4.90 Å². The minimum Gasteiger partial charge on any atom is -0.481 e. The zero-order valence-electron chi connectivity index (χ0n) is 10.1. The first kappa shape index (κ1) is 13.8. The van der Waals surface area contributed by atoms with Crippen LogP contribution in [0.15, 0.2) is 18.2 Å². The van der Waals surface area contributed by atoms with E-state index in [1.54, 1.807) is 18.2 Å². The SMILES string of the molecule is O=C(O)CC1CN(C(=O)c2cccc(Cl)n2)CCO1. The maximum atomic E-state index is 12.2. The Kier molecular flexibility index (Phi) is 4.34. The third-order valence-electron chi connectivity index (χ3n) is 2.76. The third-order valence-corrected chi connectivity index (χ3v) is 2.97. The van der Waals surface area contributed by atoms with Crippen molar-refractivity contribution in [2.24, 2.45) is 0 Å². The number of aromatic nitrogens is 1. The summed E-state index contributed by atoms with van der Waals surface area (Å²) in [6, 6.07) is 4.82. The van der Waals surface area contributed by atoms with Crippen molar-refractivity contribution in [1.29, 1.82) is 0 Å². The molecule has 7 heteroatoms. The Labute approximate surface area is 114 Å². The van der Waals surface area contributed by atoms with Crippen LogP contribution in [-0.2, 0) is 9.53 Å². The molecule has 0 aliphatic carbocycles. The van der Waals surface area contributed by atoms with Gasteiger partial charge in [-0.2, -0.15) is 0 Å². The minimum atomic E-state index is -0.944. The summed E-state index contributed by atoms with van der Waals surface area (Å²) in [5.41, 5.74) is 0.253. The number of carbonyl (C=O) groups excluding carboxylic acids is 1. The van der Waals surface area contributed by atoms with E-state index < -0.39 is 12.1 Å². The average molecular weight is 285 g/mol. The van der Waals surface area contributed by atoms with Crippen LogP contribution < -0.4 is 0 Å². The molecule has 1 aliphatic heterocycles. The van der Waals surface area contributed by atoms with Crippen LogP contribution in [0.1, 0.15) is 16.9 Å². The number of hydrogen-bond donors (Lipinski definition) is 1. The second-order valence-corrected chi connectivity index (χ2v) is 4.57. The van der Waals surface area contributed by atoms with E-state index in [0.717, 1.165) is 0 Å². The number of ether oxygens (including phenoxy) is 1. The molecule has 1 aromatic rings. The normalized spacial score (nSPS) is 19.2. The maximum absolute atomic E-state index is 12.2. The summed E-state index contributed by atoms with van der Waals surface area (Å²) >= 11 is 5.74. The molecule has 1 atom stereocenters. The van der Waals surface area contributed by atoms with Crippen LogP contribution in [0.5, 0.6) is 0 Å². The Morgan fingerprint density at radius 3 is 3.00 bits per heavy atom. The molecule has 0 radical (unpaired) electrons. The van der Waals surface area contributed by atoms with Gasteiger partial charge in [-0.3, -0.25) is 9.59 Å². The largest absolute Gasteiger partial charge is 0.481 e. The van der Waals surface area contributed by atoms with Gasteiger partial charge in [-0.15, -0.1) is 0 Å². The summed E-state index contributed by atoms with van der Waals surface area (Å²) in [6.07, 6.45) is -0.596. The number of amides is 1. The molecule has 19 heavy (non-hydrogen) atoms. The van der Waals surface area contributed by atoms with Gasteiger partial charge in [-0.05, 0) is 12.1 Å². The van der Waals surface area contributed by atoms with Crippen LogP contribution in [0.25, 0.3) is 0 Å². The predicted molar refractivity (Wildman–Crippen MR) is 67.1 cm³/mol. The van der Waals surface area contributed by atoms with Gasteiger partial charge in [-0.1, -0.05) is 17.7 Å². The number of carboxylic acid groups (broad SMARTS) is 1. The van der Waals surface area contributed by atoms with Crippen LogP contribution in [0.3, 0.4) is 0 Å². The summed E-state index contributed by atoms with van der Waals surface area (Å²) in [7, 11) is 0. The summed E-state index contributed by atoms with van der Waals surface area (Å²) in [4.78, 5) is 28.3. The monoisotopic (exact) mass is 284 g/mol. The second kappa shape index (κ2) is 5.99. The lowest BCUT2D eigenvalue weighted by molar-refractivity contribution is -0.141. The van der Waals surface area contributed by atoms with Crippen molar-refractivity contribution in [2.75, 3.05) is 19.7 Å². The van der Waals surface area contributed by atoms with Gasteiger partial charge in [0.05, 0.1) is 19.1 Å². The van der Waals surface area contributed by atoms with E-state index in [-0.39, 0.29) is 29.7 Å². The van der Waals surface area contributed by atoms with Gasteiger partial charge in [0, 0.05) is 13.1 Å². The van der Waals surface area contributed by atoms with Crippen LogP contribution in [0.4, 0.5) is 0 Å². The Balaban J connectivity index is 2.04. The van der Waals surface area contributed by atoms with Crippen molar-refractivity contribution in [3.63, 3.8) is 0 Å². The molecule has 1 fully saturated rings. The molecule has 2 rings (SSSR count). The second-order valence-electron chi connectivity index (χ2n) is 4.19. The Bertz CT molecular complexity index is 494. The van der Waals surface area contributed by atoms with Crippen LogP contribution in [-0.4, -0.2) is 52.7 Å². The zero-order chi connectivity index (χ0) is 13.8. The molecule has 2 heterocycles. The third kappa shape index (κ3) is 3.65. The first-order valence-electron chi connectivity index (χ1n) is 5.81. The van der Waals surface area contributed by atoms with Crippen molar-refractivity contribution in [3.8, 4) is 0 Å². The van der Waals surface area contributed by atoms with Gasteiger partial charge >= 0.3 is 5.97 Å². The number of carbonyl (C=O) groups is 2. The summed E-state index contributed by atoms with van der Waals surface area (Å²) in [5.74, 6) is -1.21. The van der Waals surface area contributed by atoms with E-state index in [2.05, 4.69) is 4.98 Å². The van der Waals surface area contributed by atoms with Gasteiger partial charge in [0.15, 0.2) is 0 Å². The lowest BCUT2D eigenvalue weighted by Gasteiger charge is -2.32. The average Bonchev–Trinajstić information content (AvgIpc) is 2.37. The molecular weight excluding hydrogens is 272 g/mol. The molecule has 0 spiro atoms. The van der Waals surface area contributed by atoms with Gasteiger partial charge in [0.25, 0.3) is 5.91 Å². The number of carboxylic acids is 1. The molecule has 0 aromatic carbocycles. The highest BCUT2D eigenvalue weighted by atomic mass is 35.5. The molecular formula is C12H13ClN2O4. The molecule has 1 aromatic heterocycles. The lowest BCUT2D eigenvalue weighted by Crippen LogP contribution is -2.46. The number of aliphatic carboxylic acids is 1. The molecule has 0 bridgehead atoms. The van der Waals surface area contributed by atoms with Gasteiger partial charge < -0.3 is 14.7 Å². The Morgan fingerprint density at radius 2 is 2.32 bits per heavy atom. The fraction of sp³-hybridized carbons (Fsp3) is 0.417. The van der Waals surface area contributed by atoms with E-state index in [9.17, 15) is 9.59 Å². The number of rotatable bonds is 3. The molecule has 1 amide bonds. The standard InChI is InChI=1S/C12H13ClN2O4/c13-10-3-1-2-9(14-10)12(18)15-4-5-19-8(7-15)6-11(16)17/h1-3,8H,4-7H2,(H,16,17). The number of pyridine rings is 1. The van der Waals surface area contributed by atoms with Crippen molar-refractivity contribution in [1.82, 2.24) is 9.88 Å². The first-order valence-corrected chi connectivity index (χ1v) is 6.19. The van der Waals surface area contributed by atoms with Crippen molar-refractivity contribution < 1.29 is 19.4 Å². The van der Waals surface area contributed by atoms with Crippen molar-refractivity contribution >= 4 is 23.5 Å². The van der Waals surface area contributed by atoms with Gasteiger partial charge in [0.1, 0.15) is 10.8 Å². The van der Waals surface area contributed by atoms with Crippen LogP contribution in [0.2, 0.25) is 5.15 Å². The minimum absolute atomic E-state index is 0.118. The van der Waals surface area contributed by atoms with Crippen molar-refractivity contribution in [2.45, 2.75) is 12.5 Å². The number of hydrogen-bond acceptors (Lipinski definition) is 4. The van der Waals surface area contributed by atoms with E-state index in [0.29, 0.717) is 13.2 Å². The Hall–Kier alpha value is -1.66. The molecule has 0 saturated carbocycles. The summed E-state index contributed by atoms with van der Waals surface area (Å²) in [5, 5.41) is 8.98.